The highest BCUT2D eigenvalue weighted by Gasteiger charge is 2.33. The normalized spacial score (nSPS) is 23.2. The number of anilines is 1. The van der Waals surface area contributed by atoms with Gasteiger partial charge in [0, 0.05) is 58.1 Å². The molecule has 0 aromatic carbocycles. The minimum atomic E-state index is 0. The molecule has 172 valence electrons. The monoisotopic (exact) mass is 473 g/mol. The van der Waals surface area contributed by atoms with E-state index in [1.165, 1.54) is 16.9 Å². The molecule has 3 aromatic heterocycles. The molecule has 0 bridgehead atoms. The molecule has 6 heterocycles. The van der Waals surface area contributed by atoms with E-state index in [4.69, 9.17) is 9.72 Å². The summed E-state index contributed by atoms with van der Waals surface area (Å²) >= 11 is 3.37. The van der Waals surface area contributed by atoms with Gasteiger partial charge in [-0.2, -0.15) is 0 Å². The van der Waals surface area contributed by atoms with Crippen LogP contribution in [0.2, 0.25) is 0 Å². The van der Waals surface area contributed by atoms with E-state index in [2.05, 4.69) is 20.5 Å². The predicted molar refractivity (Wildman–Crippen MR) is 132 cm³/mol. The fraction of sp³-hybridized carbons (Fsp3) is 0.522. The van der Waals surface area contributed by atoms with Crippen molar-refractivity contribution in [3.05, 3.63) is 28.9 Å². The average molecular weight is 474 g/mol. The number of aromatic nitrogens is 2. The van der Waals surface area contributed by atoms with E-state index >= 15 is 0 Å². The lowest BCUT2D eigenvalue weighted by molar-refractivity contribution is -0.116. The summed E-state index contributed by atoms with van der Waals surface area (Å²) in [5, 5.41) is 8.62. The minimum Gasteiger partial charge on any atom is -0.381 e. The number of hydrogen-bond donors (Lipinski definition) is 2. The number of piperidine rings is 1. The second-order valence-corrected chi connectivity index (χ2v) is 11.1. The lowest BCUT2D eigenvalue weighted by atomic mass is 9.89. The Bertz CT molecular complexity index is 1120. The SMILES string of the molecule is O=C(CCN1CCC2COCC2C1)Nc1sc2c(c1-c1nc3cnccc3s1)CCNC2.[HH].[HH]. The van der Waals surface area contributed by atoms with Gasteiger partial charge in [0.25, 0.3) is 0 Å². The zero-order valence-electron chi connectivity index (χ0n) is 17.9. The highest BCUT2D eigenvalue weighted by Crippen LogP contribution is 2.44. The number of hydrogen-bond acceptors (Lipinski definition) is 8. The molecule has 0 radical (unpaired) electrons. The number of carbonyl (C=O) groups is 1. The van der Waals surface area contributed by atoms with Crippen LogP contribution < -0.4 is 10.6 Å². The second-order valence-electron chi connectivity index (χ2n) is 8.94. The third kappa shape index (κ3) is 3.97. The average Bonchev–Trinajstić information content (AvgIpc) is 3.52. The van der Waals surface area contributed by atoms with Crippen molar-refractivity contribution in [3.8, 4) is 10.6 Å². The smallest absolute Gasteiger partial charge is 0.226 e. The molecule has 3 aliphatic heterocycles. The van der Waals surface area contributed by atoms with Gasteiger partial charge >= 0.3 is 0 Å². The standard InChI is InChI=1S/C23H27N5O2S2.2H2/c29-20(4-8-28-7-3-14-12-30-13-15(14)11-28)27-23-21(16-1-5-25-10-19(16)32-23)22-26-17-9-24-6-2-18(17)31-22;;/h2,6,9,14-15,25H,1,3-5,7-8,10-13H2,(H,27,29);2*1H. The van der Waals surface area contributed by atoms with E-state index in [0.29, 0.717) is 12.3 Å². The molecule has 2 atom stereocenters. The van der Waals surface area contributed by atoms with Crippen LogP contribution >= 0.6 is 22.7 Å². The van der Waals surface area contributed by atoms with Gasteiger partial charge in [-0.15, -0.1) is 22.7 Å². The molecule has 2 saturated heterocycles. The summed E-state index contributed by atoms with van der Waals surface area (Å²) < 4.78 is 6.77. The molecular formula is C23H31N5O2S2. The van der Waals surface area contributed by atoms with Crippen LogP contribution in [-0.4, -0.2) is 60.2 Å². The number of ether oxygens (including phenoxy) is 1. The Kier molecular flexibility index (Phi) is 5.68. The van der Waals surface area contributed by atoms with E-state index in [-0.39, 0.29) is 8.76 Å². The van der Waals surface area contributed by atoms with Crippen LogP contribution in [-0.2, 0) is 22.5 Å². The van der Waals surface area contributed by atoms with Crippen molar-refractivity contribution in [1.29, 1.82) is 0 Å². The Hall–Kier alpha value is -1.91. The van der Waals surface area contributed by atoms with Gasteiger partial charge in [0.1, 0.15) is 15.5 Å². The first kappa shape index (κ1) is 20.7. The van der Waals surface area contributed by atoms with Gasteiger partial charge in [-0.25, -0.2) is 4.98 Å². The van der Waals surface area contributed by atoms with Crippen molar-refractivity contribution in [2.45, 2.75) is 25.8 Å². The van der Waals surface area contributed by atoms with Crippen molar-refractivity contribution in [1.82, 2.24) is 20.2 Å². The highest BCUT2D eigenvalue weighted by atomic mass is 32.1. The van der Waals surface area contributed by atoms with Crippen LogP contribution in [0.1, 0.15) is 26.1 Å². The van der Waals surface area contributed by atoms with Gasteiger partial charge in [0.15, 0.2) is 0 Å². The second kappa shape index (κ2) is 8.79. The molecule has 3 aliphatic rings. The van der Waals surface area contributed by atoms with Crippen LogP contribution in [0.5, 0.6) is 0 Å². The molecule has 0 aliphatic carbocycles. The van der Waals surface area contributed by atoms with Gasteiger partial charge < -0.3 is 20.3 Å². The summed E-state index contributed by atoms with van der Waals surface area (Å²) in [6.07, 6.45) is 6.28. The van der Waals surface area contributed by atoms with Crippen LogP contribution in [0.3, 0.4) is 0 Å². The number of rotatable bonds is 5. The third-order valence-electron chi connectivity index (χ3n) is 6.88. The molecule has 32 heavy (non-hydrogen) atoms. The summed E-state index contributed by atoms with van der Waals surface area (Å²) in [6.45, 7) is 6.54. The van der Waals surface area contributed by atoms with Crippen molar-refractivity contribution in [2.24, 2.45) is 11.8 Å². The van der Waals surface area contributed by atoms with Gasteiger partial charge in [-0.05, 0) is 43.5 Å². The number of fused-ring (bicyclic) bond motifs is 3. The van der Waals surface area contributed by atoms with Crippen LogP contribution in [0.4, 0.5) is 5.00 Å². The summed E-state index contributed by atoms with van der Waals surface area (Å²) in [5.41, 5.74) is 3.36. The molecule has 0 spiro atoms. The first-order valence-electron chi connectivity index (χ1n) is 11.4. The topological polar surface area (TPSA) is 79.4 Å². The molecule has 3 aromatic rings. The summed E-state index contributed by atoms with van der Waals surface area (Å²) in [6, 6.07) is 2.01. The van der Waals surface area contributed by atoms with E-state index in [1.807, 2.05) is 12.3 Å². The molecule has 1 amide bonds. The minimum absolute atomic E-state index is 0. The maximum Gasteiger partial charge on any atom is 0.226 e. The zero-order chi connectivity index (χ0) is 21.5. The predicted octanol–water partition coefficient (Wildman–Crippen LogP) is 3.85. The molecule has 0 saturated carbocycles. The first-order valence-corrected chi connectivity index (χ1v) is 13.0. The van der Waals surface area contributed by atoms with Gasteiger partial charge in [0.05, 0.1) is 17.5 Å². The molecule has 2 N–H and O–H groups in total. The molecule has 9 heteroatoms. The maximum atomic E-state index is 13.0. The number of carbonyl (C=O) groups excluding carboxylic acids is 1. The van der Waals surface area contributed by atoms with Crippen LogP contribution in [0.25, 0.3) is 20.8 Å². The Morgan fingerprint density at radius 2 is 2.28 bits per heavy atom. The van der Waals surface area contributed by atoms with Crippen molar-refractivity contribution < 1.29 is 12.4 Å². The first-order chi connectivity index (χ1) is 15.7. The zero-order valence-corrected chi connectivity index (χ0v) is 19.6. The van der Waals surface area contributed by atoms with E-state index in [9.17, 15) is 4.79 Å². The fourth-order valence-corrected chi connectivity index (χ4v) is 7.43. The Labute approximate surface area is 198 Å². The Morgan fingerprint density at radius 1 is 1.34 bits per heavy atom. The quantitative estimate of drug-likeness (QED) is 0.586. The van der Waals surface area contributed by atoms with Crippen LogP contribution in [0.15, 0.2) is 18.5 Å². The van der Waals surface area contributed by atoms with E-state index < -0.39 is 0 Å². The number of pyridine rings is 1. The maximum absolute atomic E-state index is 13.0. The molecule has 2 unspecified atom stereocenters. The summed E-state index contributed by atoms with van der Waals surface area (Å²) in [4.78, 5) is 25.8. The molecular weight excluding hydrogens is 442 g/mol. The fourth-order valence-electron chi connectivity index (χ4n) is 5.12. The summed E-state index contributed by atoms with van der Waals surface area (Å²) in [5.74, 6) is 1.45. The molecule has 2 fully saturated rings. The number of amides is 1. The Balaban J connectivity index is 0.00000137. The largest absolute Gasteiger partial charge is 0.381 e. The highest BCUT2D eigenvalue weighted by molar-refractivity contribution is 7.22. The number of thiophene rings is 1. The number of likely N-dealkylation sites (tertiary alicyclic amines) is 1. The van der Waals surface area contributed by atoms with E-state index in [0.717, 1.165) is 84.1 Å². The number of nitrogens with one attached hydrogen (secondary N) is 2. The van der Waals surface area contributed by atoms with Crippen molar-refractivity contribution >= 4 is 43.8 Å². The summed E-state index contributed by atoms with van der Waals surface area (Å²) in [7, 11) is 0. The van der Waals surface area contributed by atoms with Gasteiger partial charge in [0.2, 0.25) is 5.91 Å². The lowest BCUT2D eigenvalue weighted by Crippen LogP contribution is -2.41. The van der Waals surface area contributed by atoms with Crippen molar-refractivity contribution in [3.63, 3.8) is 0 Å². The van der Waals surface area contributed by atoms with E-state index in [1.54, 1.807) is 28.9 Å². The third-order valence-corrected chi connectivity index (χ3v) is 9.08. The number of thiazole rings is 1. The molecule has 7 nitrogen and oxygen atoms in total. The molecule has 6 rings (SSSR count). The lowest BCUT2D eigenvalue weighted by Gasteiger charge is -2.33. The van der Waals surface area contributed by atoms with Gasteiger partial charge in [-0.1, -0.05) is 0 Å². The van der Waals surface area contributed by atoms with Gasteiger partial charge in [-0.3, -0.25) is 9.78 Å². The Morgan fingerprint density at radius 3 is 3.22 bits per heavy atom. The number of nitrogens with zero attached hydrogens (tertiary/aromatic N) is 3. The van der Waals surface area contributed by atoms with Crippen LogP contribution in [0, 0.1) is 11.8 Å². The van der Waals surface area contributed by atoms with Crippen molar-refractivity contribution in [2.75, 3.05) is 44.7 Å².